The molecule has 0 radical (unpaired) electrons. The quantitative estimate of drug-likeness (QED) is 0.783. The Morgan fingerprint density at radius 1 is 1.50 bits per heavy atom. The van der Waals surface area contributed by atoms with Gasteiger partial charge in [-0.25, -0.2) is 9.59 Å². The highest BCUT2D eigenvalue weighted by Crippen LogP contribution is 2.22. The molecule has 1 rings (SSSR count). The minimum atomic E-state index is -1.14. The van der Waals surface area contributed by atoms with Crippen molar-refractivity contribution in [3.05, 3.63) is 36.4 Å². The predicted molar refractivity (Wildman–Crippen MR) is 65.1 cm³/mol. The summed E-state index contributed by atoms with van der Waals surface area (Å²) < 4.78 is 9.60. The summed E-state index contributed by atoms with van der Waals surface area (Å²) in [6.07, 6.45) is 0.743. The van der Waals surface area contributed by atoms with Crippen LogP contribution in [0.25, 0.3) is 0 Å². The number of anilines is 1. The summed E-state index contributed by atoms with van der Waals surface area (Å²) in [4.78, 5) is 22.2. The molecule has 0 aromatic heterocycles. The van der Waals surface area contributed by atoms with Gasteiger partial charge in [0.05, 0.1) is 7.11 Å². The van der Waals surface area contributed by atoms with Crippen LogP contribution in [-0.2, 0) is 4.74 Å². The van der Waals surface area contributed by atoms with Crippen molar-refractivity contribution in [3.8, 4) is 5.75 Å². The lowest BCUT2D eigenvalue weighted by Gasteiger charge is -2.09. The Morgan fingerprint density at radius 3 is 2.78 bits per heavy atom. The fourth-order valence-electron chi connectivity index (χ4n) is 1.24. The molecule has 0 aliphatic heterocycles. The molecule has 0 saturated carbocycles. The Kier molecular flexibility index (Phi) is 4.74. The number of nitrogens with one attached hydrogen (secondary N) is 1. The molecule has 6 heteroatoms. The van der Waals surface area contributed by atoms with Gasteiger partial charge in [-0.05, 0) is 18.2 Å². The highest BCUT2D eigenvalue weighted by molar-refractivity contribution is 5.94. The Bertz CT molecular complexity index is 470. The van der Waals surface area contributed by atoms with Crippen LogP contribution in [-0.4, -0.2) is 30.9 Å². The van der Waals surface area contributed by atoms with Crippen LogP contribution in [0.5, 0.6) is 5.75 Å². The van der Waals surface area contributed by atoms with E-state index in [0.29, 0.717) is 5.69 Å². The third kappa shape index (κ3) is 3.51. The van der Waals surface area contributed by atoms with Gasteiger partial charge in [0.2, 0.25) is 0 Å². The number of carboxylic acid groups (broad SMARTS) is 1. The first-order chi connectivity index (χ1) is 8.58. The van der Waals surface area contributed by atoms with Crippen molar-refractivity contribution in [2.24, 2.45) is 0 Å². The molecule has 0 spiro atoms. The SMILES string of the molecule is C=CCOC(=O)Nc1ccc(OC)c(C(=O)O)c1. The zero-order valence-electron chi connectivity index (χ0n) is 9.80. The van der Waals surface area contributed by atoms with E-state index in [-0.39, 0.29) is 17.9 Å². The number of methoxy groups -OCH3 is 1. The van der Waals surface area contributed by atoms with E-state index in [1.807, 2.05) is 0 Å². The van der Waals surface area contributed by atoms with Crippen molar-refractivity contribution in [3.63, 3.8) is 0 Å². The summed E-state index contributed by atoms with van der Waals surface area (Å²) in [5.41, 5.74) is 0.265. The molecular weight excluding hydrogens is 238 g/mol. The van der Waals surface area contributed by atoms with Gasteiger partial charge < -0.3 is 14.6 Å². The molecule has 0 aliphatic rings. The number of amides is 1. The molecule has 1 amide bonds. The second-order valence-corrected chi connectivity index (χ2v) is 3.23. The van der Waals surface area contributed by atoms with Gasteiger partial charge in [-0.15, -0.1) is 0 Å². The molecule has 0 fully saturated rings. The minimum absolute atomic E-state index is 0.0426. The Balaban J connectivity index is 2.85. The number of benzene rings is 1. The number of carbonyl (C=O) groups is 2. The molecule has 0 unspecified atom stereocenters. The lowest BCUT2D eigenvalue weighted by Crippen LogP contribution is -2.14. The lowest BCUT2D eigenvalue weighted by molar-refractivity contribution is 0.0693. The maximum Gasteiger partial charge on any atom is 0.411 e. The summed E-state index contributed by atoms with van der Waals surface area (Å²) >= 11 is 0. The zero-order chi connectivity index (χ0) is 13.5. The van der Waals surface area contributed by atoms with Gasteiger partial charge in [0.25, 0.3) is 0 Å². The van der Waals surface area contributed by atoms with Gasteiger partial charge in [-0.2, -0.15) is 0 Å². The minimum Gasteiger partial charge on any atom is -0.496 e. The summed E-state index contributed by atoms with van der Waals surface area (Å²) in [5.74, 6) is -0.928. The van der Waals surface area contributed by atoms with Crippen molar-refractivity contribution >= 4 is 17.7 Å². The average Bonchev–Trinajstić information content (AvgIpc) is 2.36. The number of hydrogen-bond donors (Lipinski definition) is 2. The molecule has 18 heavy (non-hydrogen) atoms. The number of aromatic carboxylic acids is 1. The standard InChI is InChI=1S/C12H13NO5/c1-3-6-18-12(16)13-8-4-5-10(17-2)9(7-8)11(14)15/h3-5,7H,1,6H2,2H3,(H,13,16)(H,14,15). The summed E-state index contributed by atoms with van der Waals surface area (Å²) in [7, 11) is 1.37. The van der Waals surface area contributed by atoms with Crippen molar-refractivity contribution in [2.75, 3.05) is 19.0 Å². The number of carbonyl (C=O) groups excluding carboxylic acids is 1. The summed E-state index contributed by atoms with van der Waals surface area (Å²) in [6, 6.07) is 4.25. The van der Waals surface area contributed by atoms with Gasteiger partial charge in [0, 0.05) is 5.69 Å². The van der Waals surface area contributed by atoms with Crippen LogP contribution in [0, 0.1) is 0 Å². The first kappa shape index (κ1) is 13.6. The topological polar surface area (TPSA) is 84.9 Å². The van der Waals surface area contributed by atoms with E-state index in [2.05, 4.69) is 11.9 Å². The third-order valence-electron chi connectivity index (χ3n) is 2.01. The zero-order valence-corrected chi connectivity index (χ0v) is 9.80. The molecule has 0 bridgehead atoms. The molecule has 2 N–H and O–H groups in total. The normalized spacial score (nSPS) is 9.39. The van der Waals surface area contributed by atoms with Crippen LogP contribution in [0.4, 0.5) is 10.5 Å². The molecule has 6 nitrogen and oxygen atoms in total. The molecule has 0 aliphatic carbocycles. The van der Waals surface area contributed by atoms with Crippen LogP contribution in [0.3, 0.4) is 0 Å². The monoisotopic (exact) mass is 251 g/mol. The smallest absolute Gasteiger partial charge is 0.411 e. The summed E-state index contributed by atoms with van der Waals surface area (Å²) in [5, 5.41) is 11.4. The lowest BCUT2D eigenvalue weighted by atomic mass is 10.2. The van der Waals surface area contributed by atoms with Gasteiger partial charge in [0.1, 0.15) is 17.9 Å². The van der Waals surface area contributed by atoms with Crippen LogP contribution < -0.4 is 10.1 Å². The Labute approximate surface area is 104 Å². The van der Waals surface area contributed by atoms with Gasteiger partial charge >= 0.3 is 12.1 Å². The van der Waals surface area contributed by atoms with Crippen molar-refractivity contribution in [1.29, 1.82) is 0 Å². The van der Waals surface area contributed by atoms with Crippen LogP contribution in [0.15, 0.2) is 30.9 Å². The fourth-order valence-corrected chi connectivity index (χ4v) is 1.24. The molecule has 1 aromatic carbocycles. The van der Waals surface area contributed by atoms with E-state index in [9.17, 15) is 9.59 Å². The molecule has 0 heterocycles. The Morgan fingerprint density at radius 2 is 2.22 bits per heavy atom. The fraction of sp³-hybridized carbons (Fsp3) is 0.167. The van der Waals surface area contributed by atoms with Crippen LogP contribution in [0.1, 0.15) is 10.4 Å². The highest BCUT2D eigenvalue weighted by atomic mass is 16.5. The van der Waals surface area contributed by atoms with E-state index in [1.54, 1.807) is 0 Å². The number of carboxylic acids is 1. The van der Waals surface area contributed by atoms with Crippen LogP contribution in [0.2, 0.25) is 0 Å². The third-order valence-corrected chi connectivity index (χ3v) is 2.01. The van der Waals surface area contributed by atoms with Gasteiger partial charge in [0.15, 0.2) is 0 Å². The van der Waals surface area contributed by atoms with E-state index in [4.69, 9.17) is 14.6 Å². The number of hydrogen-bond acceptors (Lipinski definition) is 4. The molecular formula is C12H13NO5. The predicted octanol–water partition coefficient (Wildman–Crippen LogP) is 2.13. The largest absolute Gasteiger partial charge is 0.496 e. The number of rotatable bonds is 5. The molecule has 0 saturated heterocycles. The highest BCUT2D eigenvalue weighted by Gasteiger charge is 2.12. The van der Waals surface area contributed by atoms with Crippen molar-refractivity contribution < 1.29 is 24.2 Å². The van der Waals surface area contributed by atoms with Crippen molar-refractivity contribution in [1.82, 2.24) is 0 Å². The average molecular weight is 251 g/mol. The van der Waals surface area contributed by atoms with Gasteiger partial charge in [-0.1, -0.05) is 12.7 Å². The first-order valence-corrected chi connectivity index (χ1v) is 5.04. The van der Waals surface area contributed by atoms with E-state index in [1.165, 1.54) is 31.4 Å². The number of ether oxygens (including phenoxy) is 2. The summed E-state index contributed by atoms with van der Waals surface area (Å²) in [6.45, 7) is 3.48. The van der Waals surface area contributed by atoms with Gasteiger partial charge in [-0.3, -0.25) is 5.32 Å². The maximum atomic E-state index is 11.2. The molecule has 1 aromatic rings. The Hall–Kier alpha value is -2.50. The molecule has 0 atom stereocenters. The second kappa shape index (κ2) is 6.29. The maximum absolute atomic E-state index is 11.2. The van der Waals surface area contributed by atoms with Crippen molar-refractivity contribution in [2.45, 2.75) is 0 Å². The second-order valence-electron chi connectivity index (χ2n) is 3.23. The molecule has 96 valence electrons. The van der Waals surface area contributed by atoms with E-state index < -0.39 is 12.1 Å². The van der Waals surface area contributed by atoms with E-state index in [0.717, 1.165) is 0 Å². The van der Waals surface area contributed by atoms with E-state index >= 15 is 0 Å². The van der Waals surface area contributed by atoms with Crippen LogP contribution >= 0.6 is 0 Å². The first-order valence-electron chi connectivity index (χ1n) is 5.04.